The summed E-state index contributed by atoms with van der Waals surface area (Å²) in [4.78, 5) is 16.8. The molecule has 144 valence electrons. The molecule has 1 aliphatic rings. The van der Waals surface area contributed by atoms with Crippen LogP contribution in [0.3, 0.4) is 0 Å². The minimum absolute atomic E-state index is 0.156. The molecule has 1 saturated heterocycles. The summed E-state index contributed by atoms with van der Waals surface area (Å²) in [6.07, 6.45) is 0.890. The highest BCUT2D eigenvalue weighted by Gasteiger charge is 2.19. The molecule has 6 heteroatoms. The van der Waals surface area contributed by atoms with Gasteiger partial charge < -0.3 is 15.0 Å². The SMILES string of the molecule is COc1ccccc1N1CCN(CCCNC(=O)c2ccc(F)cc2)CC1. The second-order valence-corrected chi connectivity index (χ2v) is 6.62. The van der Waals surface area contributed by atoms with E-state index in [9.17, 15) is 9.18 Å². The first-order valence-electron chi connectivity index (χ1n) is 9.31. The van der Waals surface area contributed by atoms with Crippen molar-refractivity contribution in [1.29, 1.82) is 0 Å². The maximum atomic E-state index is 12.9. The summed E-state index contributed by atoms with van der Waals surface area (Å²) in [5.74, 6) is 0.421. The fourth-order valence-electron chi connectivity index (χ4n) is 3.31. The fourth-order valence-corrected chi connectivity index (χ4v) is 3.31. The van der Waals surface area contributed by atoms with E-state index in [0.717, 1.165) is 50.6 Å². The molecule has 1 heterocycles. The van der Waals surface area contributed by atoms with Crippen molar-refractivity contribution in [3.8, 4) is 5.75 Å². The predicted molar refractivity (Wildman–Crippen MR) is 105 cm³/mol. The van der Waals surface area contributed by atoms with Gasteiger partial charge in [-0.25, -0.2) is 4.39 Å². The van der Waals surface area contributed by atoms with Crippen LogP contribution in [0.5, 0.6) is 5.75 Å². The van der Waals surface area contributed by atoms with Crippen LogP contribution in [0, 0.1) is 5.82 Å². The van der Waals surface area contributed by atoms with E-state index in [-0.39, 0.29) is 11.7 Å². The van der Waals surface area contributed by atoms with Crippen molar-refractivity contribution in [1.82, 2.24) is 10.2 Å². The van der Waals surface area contributed by atoms with Gasteiger partial charge in [-0.15, -0.1) is 0 Å². The van der Waals surface area contributed by atoms with Crippen molar-refractivity contribution >= 4 is 11.6 Å². The summed E-state index contributed by atoms with van der Waals surface area (Å²) in [6.45, 7) is 5.46. The van der Waals surface area contributed by atoms with Crippen LogP contribution in [0.4, 0.5) is 10.1 Å². The summed E-state index contributed by atoms with van der Waals surface area (Å²) < 4.78 is 18.3. The van der Waals surface area contributed by atoms with Gasteiger partial charge in [0.05, 0.1) is 12.8 Å². The summed E-state index contributed by atoms with van der Waals surface area (Å²) in [7, 11) is 1.70. The van der Waals surface area contributed by atoms with Crippen LogP contribution >= 0.6 is 0 Å². The molecule has 0 saturated carbocycles. The standard InChI is InChI=1S/C21H26FN3O2/c1-27-20-6-3-2-5-19(20)25-15-13-24(14-16-25)12-4-11-23-21(26)17-7-9-18(22)10-8-17/h2-3,5-10H,4,11-16H2,1H3,(H,23,26). The topological polar surface area (TPSA) is 44.8 Å². The molecular formula is C21H26FN3O2. The number of nitrogens with one attached hydrogen (secondary N) is 1. The van der Waals surface area contributed by atoms with Gasteiger partial charge in [-0.3, -0.25) is 9.69 Å². The fraction of sp³-hybridized carbons (Fsp3) is 0.381. The first-order chi connectivity index (χ1) is 13.2. The third kappa shape index (κ3) is 5.20. The molecular weight excluding hydrogens is 345 g/mol. The molecule has 3 rings (SSSR count). The smallest absolute Gasteiger partial charge is 0.251 e. The Morgan fingerprint density at radius 1 is 1.07 bits per heavy atom. The zero-order chi connectivity index (χ0) is 19.1. The van der Waals surface area contributed by atoms with Gasteiger partial charge in [0.2, 0.25) is 0 Å². The van der Waals surface area contributed by atoms with E-state index < -0.39 is 0 Å². The first-order valence-corrected chi connectivity index (χ1v) is 9.31. The second-order valence-electron chi connectivity index (χ2n) is 6.62. The molecule has 0 aromatic heterocycles. The molecule has 2 aromatic carbocycles. The Balaban J connectivity index is 1.37. The molecule has 1 amide bonds. The normalized spacial score (nSPS) is 14.8. The Kier molecular flexibility index (Phi) is 6.65. The summed E-state index contributed by atoms with van der Waals surface area (Å²) in [6, 6.07) is 13.7. The van der Waals surface area contributed by atoms with Crippen molar-refractivity contribution < 1.29 is 13.9 Å². The van der Waals surface area contributed by atoms with Gasteiger partial charge in [0.15, 0.2) is 0 Å². The number of hydrogen-bond donors (Lipinski definition) is 1. The highest BCUT2D eigenvalue weighted by atomic mass is 19.1. The highest BCUT2D eigenvalue weighted by molar-refractivity contribution is 5.94. The van der Waals surface area contributed by atoms with E-state index >= 15 is 0 Å². The Hall–Kier alpha value is -2.60. The van der Waals surface area contributed by atoms with E-state index in [1.54, 1.807) is 7.11 Å². The van der Waals surface area contributed by atoms with Crippen LogP contribution in [-0.2, 0) is 0 Å². The van der Waals surface area contributed by atoms with Crippen LogP contribution in [0.1, 0.15) is 16.8 Å². The van der Waals surface area contributed by atoms with Gasteiger partial charge >= 0.3 is 0 Å². The average Bonchev–Trinajstić information content (AvgIpc) is 2.72. The lowest BCUT2D eigenvalue weighted by atomic mass is 10.2. The molecule has 0 unspecified atom stereocenters. The van der Waals surface area contributed by atoms with Crippen molar-refractivity contribution in [3.63, 3.8) is 0 Å². The van der Waals surface area contributed by atoms with Crippen LogP contribution in [0.2, 0.25) is 0 Å². The minimum atomic E-state index is -0.334. The first kappa shape index (κ1) is 19.2. The maximum absolute atomic E-state index is 12.9. The quantitative estimate of drug-likeness (QED) is 0.761. The average molecular weight is 371 g/mol. The number of amides is 1. The second kappa shape index (κ2) is 9.37. The Morgan fingerprint density at radius 2 is 1.78 bits per heavy atom. The van der Waals surface area contributed by atoms with E-state index in [1.165, 1.54) is 24.3 Å². The third-order valence-corrected chi connectivity index (χ3v) is 4.84. The van der Waals surface area contributed by atoms with E-state index in [2.05, 4.69) is 21.2 Å². The summed E-state index contributed by atoms with van der Waals surface area (Å²) in [5.41, 5.74) is 1.63. The van der Waals surface area contributed by atoms with Crippen LogP contribution in [0.25, 0.3) is 0 Å². The maximum Gasteiger partial charge on any atom is 0.251 e. The van der Waals surface area contributed by atoms with Gasteiger partial charge in [-0.1, -0.05) is 12.1 Å². The van der Waals surface area contributed by atoms with Gasteiger partial charge in [0.25, 0.3) is 5.91 Å². The number of rotatable bonds is 7. The Morgan fingerprint density at radius 3 is 2.48 bits per heavy atom. The van der Waals surface area contributed by atoms with E-state index in [0.29, 0.717) is 12.1 Å². The van der Waals surface area contributed by atoms with Gasteiger partial charge in [0, 0.05) is 38.3 Å². The molecule has 1 N–H and O–H groups in total. The molecule has 5 nitrogen and oxygen atoms in total. The van der Waals surface area contributed by atoms with Crippen LogP contribution in [-0.4, -0.2) is 57.2 Å². The number of piperazine rings is 1. The number of carbonyl (C=O) groups is 1. The molecule has 0 radical (unpaired) electrons. The highest BCUT2D eigenvalue weighted by Crippen LogP contribution is 2.28. The lowest BCUT2D eigenvalue weighted by Gasteiger charge is -2.36. The summed E-state index contributed by atoms with van der Waals surface area (Å²) in [5, 5.41) is 2.89. The lowest BCUT2D eigenvalue weighted by Crippen LogP contribution is -2.47. The number of carbonyl (C=O) groups excluding carboxylic acids is 1. The van der Waals surface area contributed by atoms with E-state index in [4.69, 9.17) is 4.74 Å². The van der Waals surface area contributed by atoms with Crippen molar-refractivity contribution in [3.05, 3.63) is 59.9 Å². The number of para-hydroxylation sites is 2. The van der Waals surface area contributed by atoms with Crippen molar-refractivity contribution in [2.45, 2.75) is 6.42 Å². The Labute approximate surface area is 159 Å². The molecule has 0 spiro atoms. The van der Waals surface area contributed by atoms with Crippen LogP contribution in [0.15, 0.2) is 48.5 Å². The van der Waals surface area contributed by atoms with Gasteiger partial charge in [0.1, 0.15) is 11.6 Å². The molecule has 27 heavy (non-hydrogen) atoms. The lowest BCUT2D eigenvalue weighted by molar-refractivity contribution is 0.0951. The molecule has 1 aliphatic heterocycles. The van der Waals surface area contributed by atoms with Gasteiger partial charge in [-0.2, -0.15) is 0 Å². The number of ether oxygens (including phenoxy) is 1. The number of halogens is 1. The molecule has 0 bridgehead atoms. The zero-order valence-corrected chi connectivity index (χ0v) is 15.7. The predicted octanol–water partition coefficient (Wildman–Crippen LogP) is 2.78. The number of anilines is 1. The molecule has 0 aliphatic carbocycles. The monoisotopic (exact) mass is 371 g/mol. The zero-order valence-electron chi connectivity index (χ0n) is 15.7. The Bertz CT molecular complexity index is 743. The molecule has 0 atom stereocenters. The molecule has 1 fully saturated rings. The van der Waals surface area contributed by atoms with Crippen molar-refractivity contribution in [2.24, 2.45) is 0 Å². The number of nitrogens with zero attached hydrogens (tertiary/aromatic N) is 2. The number of hydrogen-bond acceptors (Lipinski definition) is 4. The van der Waals surface area contributed by atoms with Crippen LogP contribution < -0.4 is 15.0 Å². The van der Waals surface area contributed by atoms with E-state index in [1.807, 2.05) is 18.2 Å². The third-order valence-electron chi connectivity index (χ3n) is 4.84. The summed E-state index contributed by atoms with van der Waals surface area (Å²) >= 11 is 0. The molecule has 2 aromatic rings. The number of methoxy groups -OCH3 is 1. The largest absolute Gasteiger partial charge is 0.495 e. The minimum Gasteiger partial charge on any atom is -0.495 e. The van der Waals surface area contributed by atoms with Gasteiger partial charge in [-0.05, 0) is 49.4 Å². The number of benzene rings is 2. The van der Waals surface area contributed by atoms with Crippen molar-refractivity contribution in [2.75, 3.05) is 51.3 Å².